The summed E-state index contributed by atoms with van der Waals surface area (Å²) in [6.45, 7) is 1.22. The smallest absolute Gasteiger partial charge is 0.243 e. The highest BCUT2D eigenvalue weighted by Crippen LogP contribution is 2.30. The standard InChI is InChI=1S/C13H14Br2N2O3/c14-10-5-9(12(18)11(15)6-10)7-16-17-13(19)8-1-3-20-4-2-8/h5-8,18H,1-4H2,(H,17,19)/b16-7-. The summed E-state index contributed by atoms with van der Waals surface area (Å²) in [6.07, 6.45) is 2.85. The molecule has 1 heterocycles. The Balaban J connectivity index is 1.98. The zero-order valence-corrected chi connectivity index (χ0v) is 13.8. The van der Waals surface area contributed by atoms with Crippen LogP contribution >= 0.6 is 31.9 Å². The summed E-state index contributed by atoms with van der Waals surface area (Å²) in [6, 6.07) is 3.44. The van der Waals surface area contributed by atoms with Crippen molar-refractivity contribution in [3.05, 3.63) is 26.6 Å². The molecule has 0 unspecified atom stereocenters. The summed E-state index contributed by atoms with van der Waals surface area (Å²) < 4.78 is 6.57. The zero-order valence-electron chi connectivity index (χ0n) is 10.6. The van der Waals surface area contributed by atoms with Crippen LogP contribution in [-0.2, 0) is 9.53 Å². The fraction of sp³-hybridized carbons (Fsp3) is 0.385. The maximum Gasteiger partial charge on any atom is 0.243 e. The Kier molecular flexibility index (Phi) is 5.56. The van der Waals surface area contributed by atoms with Crippen LogP contribution in [0.5, 0.6) is 5.75 Å². The first-order valence-corrected chi connectivity index (χ1v) is 7.75. The second-order valence-corrected chi connectivity index (χ2v) is 6.22. The van der Waals surface area contributed by atoms with Gasteiger partial charge in [0.05, 0.1) is 10.7 Å². The van der Waals surface area contributed by atoms with Crippen molar-refractivity contribution in [3.8, 4) is 5.75 Å². The molecule has 1 fully saturated rings. The van der Waals surface area contributed by atoms with Gasteiger partial charge in [-0.05, 0) is 40.9 Å². The number of carbonyl (C=O) groups excluding carboxylic acids is 1. The molecule has 0 saturated carbocycles. The zero-order chi connectivity index (χ0) is 14.5. The first-order valence-electron chi connectivity index (χ1n) is 6.16. The topological polar surface area (TPSA) is 70.9 Å². The Morgan fingerprint density at radius 3 is 2.80 bits per heavy atom. The van der Waals surface area contributed by atoms with E-state index in [-0.39, 0.29) is 17.6 Å². The number of aromatic hydroxyl groups is 1. The van der Waals surface area contributed by atoms with Crippen molar-refractivity contribution in [3.63, 3.8) is 0 Å². The van der Waals surface area contributed by atoms with Crippen molar-refractivity contribution in [1.29, 1.82) is 0 Å². The van der Waals surface area contributed by atoms with Gasteiger partial charge in [-0.1, -0.05) is 15.9 Å². The average molecular weight is 406 g/mol. The number of carbonyl (C=O) groups is 1. The van der Waals surface area contributed by atoms with E-state index in [2.05, 4.69) is 42.4 Å². The molecule has 1 aromatic carbocycles. The summed E-state index contributed by atoms with van der Waals surface area (Å²) >= 11 is 6.56. The first-order chi connectivity index (χ1) is 9.58. The number of hydrogen-bond donors (Lipinski definition) is 2. The maximum atomic E-state index is 11.8. The lowest BCUT2D eigenvalue weighted by atomic mass is 10.00. The van der Waals surface area contributed by atoms with Gasteiger partial charge in [-0.25, -0.2) is 5.43 Å². The van der Waals surface area contributed by atoms with E-state index in [1.807, 2.05) is 0 Å². The number of rotatable bonds is 3. The lowest BCUT2D eigenvalue weighted by Gasteiger charge is -2.19. The van der Waals surface area contributed by atoms with E-state index in [0.29, 0.717) is 23.2 Å². The van der Waals surface area contributed by atoms with Gasteiger partial charge in [0.25, 0.3) is 0 Å². The number of hydrogen-bond acceptors (Lipinski definition) is 4. The van der Waals surface area contributed by atoms with Crippen LogP contribution in [0.3, 0.4) is 0 Å². The van der Waals surface area contributed by atoms with Crippen molar-refractivity contribution < 1.29 is 14.6 Å². The third kappa shape index (κ3) is 4.04. The minimum atomic E-state index is -0.113. The quantitative estimate of drug-likeness (QED) is 0.600. The molecule has 1 amide bonds. The van der Waals surface area contributed by atoms with Gasteiger partial charge in [0.2, 0.25) is 5.91 Å². The number of hydrazone groups is 1. The van der Waals surface area contributed by atoms with Crippen molar-refractivity contribution in [2.45, 2.75) is 12.8 Å². The largest absolute Gasteiger partial charge is 0.506 e. The van der Waals surface area contributed by atoms with Crippen LogP contribution < -0.4 is 5.43 Å². The molecule has 0 bridgehead atoms. The van der Waals surface area contributed by atoms with Crippen LogP contribution in [0.15, 0.2) is 26.2 Å². The molecular formula is C13H14Br2N2O3. The molecule has 0 spiro atoms. The first kappa shape index (κ1) is 15.5. The fourth-order valence-corrected chi connectivity index (χ4v) is 3.16. The molecule has 20 heavy (non-hydrogen) atoms. The van der Waals surface area contributed by atoms with E-state index >= 15 is 0 Å². The predicted octanol–water partition coefficient (Wildman–Crippen LogP) is 2.79. The number of nitrogens with one attached hydrogen (secondary N) is 1. The number of amides is 1. The third-order valence-corrected chi connectivity index (χ3v) is 4.09. The van der Waals surface area contributed by atoms with E-state index in [4.69, 9.17) is 4.74 Å². The molecule has 2 N–H and O–H groups in total. The fourth-order valence-electron chi connectivity index (χ4n) is 1.90. The van der Waals surface area contributed by atoms with Gasteiger partial charge in [-0.3, -0.25) is 4.79 Å². The van der Waals surface area contributed by atoms with E-state index in [1.165, 1.54) is 6.21 Å². The molecule has 2 rings (SSSR count). The Morgan fingerprint density at radius 1 is 1.40 bits per heavy atom. The van der Waals surface area contributed by atoms with E-state index in [9.17, 15) is 9.90 Å². The Hall–Kier alpha value is -0.920. The number of halogens is 2. The van der Waals surface area contributed by atoms with Gasteiger partial charge in [0, 0.05) is 29.2 Å². The SMILES string of the molecule is O=C(N/N=C\c1cc(Br)cc(Br)c1O)C1CCOCC1. The van der Waals surface area contributed by atoms with Crippen LogP contribution in [0.25, 0.3) is 0 Å². The van der Waals surface area contributed by atoms with Crippen LogP contribution in [0.4, 0.5) is 0 Å². The predicted molar refractivity (Wildman–Crippen MR) is 82.8 cm³/mol. The second kappa shape index (κ2) is 7.19. The Bertz CT molecular complexity index is 529. The third-order valence-electron chi connectivity index (χ3n) is 3.03. The normalized spacial score (nSPS) is 16.5. The van der Waals surface area contributed by atoms with Gasteiger partial charge in [0.15, 0.2) is 0 Å². The minimum absolute atomic E-state index is 0.0521. The summed E-state index contributed by atoms with van der Waals surface area (Å²) in [5.41, 5.74) is 3.01. The van der Waals surface area contributed by atoms with E-state index < -0.39 is 0 Å². The minimum Gasteiger partial charge on any atom is -0.506 e. The molecule has 0 aliphatic carbocycles. The van der Waals surface area contributed by atoms with Gasteiger partial charge in [0.1, 0.15) is 5.75 Å². The molecule has 5 nitrogen and oxygen atoms in total. The Labute approximate surface area is 133 Å². The lowest BCUT2D eigenvalue weighted by Crippen LogP contribution is -2.31. The summed E-state index contributed by atoms with van der Waals surface area (Å²) in [7, 11) is 0. The van der Waals surface area contributed by atoms with Crippen molar-refractivity contribution in [2.24, 2.45) is 11.0 Å². The molecular weight excluding hydrogens is 392 g/mol. The lowest BCUT2D eigenvalue weighted by molar-refractivity contribution is -0.127. The highest BCUT2D eigenvalue weighted by atomic mass is 79.9. The molecule has 1 aromatic rings. The van der Waals surface area contributed by atoms with Crippen molar-refractivity contribution in [2.75, 3.05) is 13.2 Å². The molecule has 0 atom stereocenters. The molecule has 0 radical (unpaired) electrons. The van der Waals surface area contributed by atoms with Crippen LogP contribution in [-0.4, -0.2) is 30.4 Å². The van der Waals surface area contributed by atoms with Crippen LogP contribution in [0.2, 0.25) is 0 Å². The second-order valence-electron chi connectivity index (χ2n) is 4.45. The molecule has 0 aromatic heterocycles. The number of nitrogens with zero attached hydrogens (tertiary/aromatic N) is 1. The molecule has 1 saturated heterocycles. The Morgan fingerprint density at radius 2 is 2.10 bits per heavy atom. The van der Waals surface area contributed by atoms with Crippen molar-refractivity contribution >= 4 is 44.0 Å². The number of phenolic OH excluding ortho intramolecular Hbond substituents is 1. The monoisotopic (exact) mass is 404 g/mol. The van der Waals surface area contributed by atoms with E-state index in [1.54, 1.807) is 12.1 Å². The van der Waals surface area contributed by atoms with Gasteiger partial charge in [-0.2, -0.15) is 5.10 Å². The molecule has 1 aliphatic heterocycles. The highest BCUT2D eigenvalue weighted by molar-refractivity contribution is 9.11. The molecule has 1 aliphatic rings. The molecule has 108 valence electrons. The highest BCUT2D eigenvalue weighted by Gasteiger charge is 2.20. The average Bonchev–Trinajstić information content (AvgIpc) is 2.44. The van der Waals surface area contributed by atoms with E-state index in [0.717, 1.165) is 17.3 Å². The number of phenols is 1. The number of ether oxygens (including phenoxy) is 1. The van der Waals surface area contributed by atoms with Crippen LogP contribution in [0.1, 0.15) is 18.4 Å². The molecule has 7 heteroatoms. The van der Waals surface area contributed by atoms with Gasteiger partial charge >= 0.3 is 0 Å². The van der Waals surface area contributed by atoms with Gasteiger partial charge in [-0.15, -0.1) is 0 Å². The van der Waals surface area contributed by atoms with Crippen LogP contribution in [0, 0.1) is 5.92 Å². The maximum absolute atomic E-state index is 11.8. The number of benzene rings is 1. The summed E-state index contributed by atoms with van der Waals surface area (Å²) in [4.78, 5) is 11.8. The van der Waals surface area contributed by atoms with Crippen molar-refractivity contribution in [1.82, 2.24) is 5.43 Å². The summed E-state index contributed by atoms with van der Waals surface area (Å²) in [5.74, 6) is -0.0842. The van der Waals surface area contributed by atoms with Gasteiger partial charge < -0.3 is 9.84 Å². The summed E-state index contributed by atoms with van der Waals surface area (Å²) in [5, 5.41) is 13.7.